The van der Waals surface area contributed by atoms with Gasteiger partial charge in [0.05, 0.1) is 0 Å². The maximum absolute atomic E-state index is 11.7. The van der Waals surface area contributed by atoms with Gasteiger partial charge in [0.15, 0.2) is 6.61 Å². The van der Waals surface area contributed by atoms with Crippen LogP contribution in [0, 0.1) is 6.92 Å². The highest BCUT2D eigenvalue weighted by atomic mass is 16.5. The Morgan fingerprint density at radius 3 is 2.74 bits per heavy atom. The summed E-state index contributed by atoms with van der Waals surface area (Å²) in [4.78, 5) is 22.9. The molecule has 1 heterocycles. The molecule has 23 heavy (non-hydrogen) atoms. The maximum Gasteiger partial charge on any atom is 0.330 e. The van der Waals surface area contributed by atoms with E-state index in [1.165, 1.54) is 6.08 Å². The number of allylic oxidation sites excluding steroid dienone is 1. The van der Waals surface area contributed by atoms with Gasteiger partial charge in [-0.05, 0) is 13.3 Å². The zero-order valence-electron chi connectivity index (χ0n) is 13.0. The van der Waals surface area contributed by atoms with Crippen molar-refractivity contribution in [1.82, 2.24) is 5.16 Å². The molecule has 0 saturated carbocycles. The first-order chi connectivity index (χ1) is 11.1. The highest BCUT2D eigenvalue weighted by molar-refractivity contribution is 5.93. The van der Waals surface area contributed by atoms with Gasteiger partial charge < -0.3 is 9.26 Å². The minimum atomic E-state index is -0.556. The Kier molecular flexibility index (Phi) is 5.68. The third-order valence-corrected chi connectivity index (χ3v) is 2.96. The molecule has 1 N–H and O–H groups in total. The highest BCUT2D eigenvalue weighted by Crippen LogP contribution is 2.21. The molecule has 2 aromatic rings. The highest BCUT2D eigenvalue weighted by Gasteiger charge is 2.11. The van der Waals surface area contributed by atoms with Crippen LogP contribution < -0.4 is 5.32 Å². The summed E-state index contributed by atoms with van der Waals surface area (Å²) in [6.45, 7) is 3.51. The predicted octanol–water partition coefficient (Wildman–Crippen LogP) is 3.10. The van der Waals surface area contributed by atoms with E-state index in [0.29, 0.717) is 5.69 Å². The van der Waals surface area contributed by atoms with Gasteiger partial charge in [-0.25, -0.2) is 4.79 Å². The minimum Gasteiger partial charge on any atom is -0.452 e. The normalized spacial score (nSPS) is 10.7. The molecule has 0 aliphatic rings. The molecule has 0 unspecified atom stereocenters. The van der Waals surface area contributed by atoms with Crippen LogP contribution in [0.25, 0.3) is 11.3 Å². The number of aryl methyl sites for hydroxylation is 1. The number of anilines is 1. The van der Waals surface area contributed by atoms with E-state index < -0.39 is 11.9 Å². The van der Waals surface area contributed by atoms with E-state index in [4.69, 9.17) is 9.26 Å². The second-order valence-electron chi connectivity index (χ2n) is 4.91. The van der Waals surface area contributed by atoms with Crippen molar-refractivity contribution in [3.8, 4) is 11.3 Å². The molecule has 2 rings (SSSR count). The molecule has 120 valence electrons. The van der Waals surface area contributed by atoms with Crippen molar-refractivity contribution in [2.24, 2.45) is 0 Å². The van der Waals surface area contributed by atoms with Crippen molar-refractivity contribution >= 4 is 17.8 Å². The maximum atomic E-state index is 11.7. The van der Waals surface area contributed by atoms with E-state index in [1.54, 1.807) is 12.1 Å². The van der Waals surface area contributed by atoms with Crippen molar-refractivity contribution in [1.29, 1.82) is 0 Å². The van der Waals surface area contributed by atoms with Crippen LogP contribution in [0.5, 0.6) is 0 Å². The average molecular weight is 314 g/mol. The van der Waals surface area contributed by atoms with Gasteiger partial charge in [0.25, 0.3) is 5.91 Å². The lowest BCUT2D eigenvalue weighted by molar-refractivity contribution is -0.142. The summed E-state index contributed by atoms with van der Waals surface area (Å²) in [5.41, 5.74) is 2.64. The molecule has 0 atom stereocenters. The van der Waals surface area contributed by atoms with Gasteiger partial charge in [0, 0.05) is 17.7 Å². The molecule has 1 amide bonds. The zero-order valence-corrected chi connectivity index (χ0v) is 13.0. The lowest BCUT2D eigenvalue weighted by Gasteiger charge is -2.01. The van der Waals surface area contributed by atoms with Crippen molar-refractivity contribution in [3.05, 3.63) is 48.0 Å². The van der Waals surface area contributed by atoms with E-state index in [9.17, 15) is 9.59 Å². The number of benzene rings is 1. The van der Waals surface area contributed by atoms with Crippen LogP contribution in [0.3, 0.4) is 0 Å². The molecule has 0 aliphatic carbocycles. The molecule has 0 spiro atoms. The van der Waals surface area contributed by atoms with Crippen LogP contribution >= 0.6 is 0 Å². The Labute approximate surface area is 134 Å². The quantitative estimate of drug-likeness (QED) is 0.654. The molecular weight excluding hydrogens is 296 g/mol. The smallest absolute Gasteiger partial charge is 0.330 e. The summed E-state index contributed by atoms with van der Waals surface area (Å²) in [6, 6.07) is 9.37. The Morgan fingerprint density at radius 2 is 2.04 bits per heavy atom. The Hall–Kier alpha value is -2.89. The molecule has 0 saturated heterocycles. The summed E-state index contributed by atoms with van der Waals surface area (Å²) in [7, 11) is 0. The van der Waals surface area contributed by atoms with E-state index in [2.05, 4.69) is 10.5 Å². The number of hydrogen-bond donors (Lipinski definition) is 1. The third kappa shape index (κ3) is 5.10. The van der Waals surface area contributed by atoms with Gasteiger partial charge in [-0.3, -0.25) is 10.1 Å². The van der Waals surface area contributed by atoms with Crippen molar-refractivity contribution < 1.29 is 18.8 Å². The van der Waals surface area contributed by atoms with Crippen molar-refractivity contribution in [3.63, 3.8) is 0 Å². The summed E-state index contributed by atoms with van der Waals surface area (Å²) in [5.74, 6) is -0.847. The van der Waals surface area contributed by atoms with Gasteiger partial charge in [-0.1, -0.05) is 48.0 Å². The van der Waals surface area contributed by atoms with Crippen molar-refractivity contribution in [2.75, 3.05) is 11.9 Å². The van der Waals surface area contributed by atoms with Gasteiger partial charge in [0.2, 0.25) is 5.88 Å². The molecule has 6 nitrogen and oxygen atoms in total. The molecule has 6 heteroatoms. The van der Waals surface area contributed by atoms with Crippen molar-refractivity contribution in [2.45, 2.75) is 20.3 Å². The SMILES string of the molecule is CC/C=C/C(=O)OCC(=O)Nc1cc(-c2ccc(C)cc2)no1. The Bertz CT molecular complexity index is 702. The summed E-state index contributed by atoms with van der Waals surface area (Å²) >= 11 is 0. The van der Waals surface area contributed by atoms with E-state index >= 15 is 0 Å². The van der Waals surface area contributed by atoms with Crippen LogP contribution in [0.2, 0.25) is 0 Å². The first-order valence-corrected chi connectivity index (χ1v) is 7.25. The molecule has 0 aliphatic heterocycles. The second-order valence-corrected chi connectivity index (χ2v) is 4.91. The largest absolute Gasteiger partial charge is 0.452 e. The minimum absolute atomic E-state index is 0.200. The van der Waals surface area contributed by atoms with E-state index in [1.807, 2.05) is 38.1 Å². The molecule has 0 radical (unpaired) electrons. The summed E-state index contributed by atoms with van der Waals surface area (Å²) in [5, 5.41) is 6.38. The number of amides is 1. The van der Waals surface area contributed by atoms with Gasteiger partial charge in [0.1, 0.15) is 5.69 Å². The van der Waals surface area contributed by atoms with Gasteiger partial charge in [-0.2, -0.15) is 0 Å². The summed E-state index contributed by atoms with van der Waals surface area (Å²) < 4.78 is 9.84. The molecule has 1 aromatic carbocycles. The van der Waals surface area contributed by atoms with Crippen LogP contribution in [-0.2, 0) is 14.3 Å². The number of nitrogens with one attached hydrogen (secondary N) is 1. The number of carbonyl (C=O) groups excluding carboxylic acids is 2. The first-order valence-electron chi connectivity index (χ1n) is 7.25. The fourth-order valence-corrected chi connectivity index (χ4v) is 1.77. The molecule has 1 aromatic heterocycles. The summed E-state index contributed by atoms with van der Waals surface area (Å²) in [6.07, 6.45) is 3.67. The number of esters is 1. The Balaban J connectivity index is 1.89. The number of nitrogens with zero attached hydrogens (tertiary/aromatic N) is 1. The monoisotopic (exact) mass is 314 g/mol. The van der Waals surface area contributed by atoms with Gasteiger partial charge in [-0.15, -0.1) is 0 Å². The van der Waals surface area contributed by atoms with E-state index in [-0.39, 0.29) is 12.5 Å². The van der Waals surface area contributed by atoms with Crippen LogP contribution in [0.1, 0.15) is 18.9 Å². The fraction of sp³-hybridized carbons (Fsp3) is 0.235. The zero-order chi connectivity index (χ0) is 16.7. The fourth-order valence-electron chi connectivity index (χ4n) is 1.77. The number of ether oxygens (including phenoxy) is 1. The lowest BCUT2D eigenvalue weighted by atomic mass is 10.1. The first kappa shape index (κ1) is 16.5. The molecule has 0 bridgehead atoms. The van der Waals surface area contributed by atoms with Gasteiger partial charge >= 0.3 is 5.97 Å². The molecular formula is C17H18N2O4. The Morgan fingerprint density at radius 1 is 1.30 bits per heavy atom. The number of rotatable bonds is 6. The van der Waals surface area contributed by atoms with Crippen LogP contribution in [0.15, 0.2) is 47.0 Å². The second kappa shape index (κ2) is 7.93. The third-order valence-electron chi connectivity index (χ3n) is 2.96. The standard InChI is InChI=1S/C17H18N2O4/c1-3-4-5-17(21)22-11-15(20)18-16-10-14(19-23-16)13-8-6-12(2)7-9-13/h4-10H,3,11H2,1-2H3,(H,18,20)/b5-4+. The number of carbonyl (C=O) groups is 2. The topological polar surface area (TPSA) is 81.4 Å². The number of hydrogen-bond acceptors (Lipinski definition) is 5. The van der Waals surface area contributed by atoms with E-state index in [0.717, 1.165) is 17.5 Å². The molecule has 0 fully saturated rings. The average Bonchev–Trinajstić information content (AvgIpc) is 3.00. The van der Waals surface area contributed by atoms with Crippen LogP contribution in [-0.4, -0.2) is 23.6 Å². The predicted molar refractivity (Wildman–Crippen MR) is 85.7 cm³/mol. The number of aromatic nitrogens is 1. The van der Waals surface area contributed by atoms with Crippen LogP contribution in [0.4, 0.5) is 5.88 Å². The lowest BCUT2D eigenvalue weighted by Crippen LogP contribution is -2.19.